The molecule has 0 bridgehead atoms. The molecule has 0 fully saturated rings. The van der Waals surface area contributed by atoms with Crippen LogP contribution in [0.25, 0.3) is 11.3 Å². The Balaban J connectivity index is 1.75. The molecular weight excluding hydrogens is 448 g/mol. The maximum atomic E-state index is 12.9. The number of nitrogens with one attached hydrogen (secondary N) is 1. The predicted octanol–water partition coefficient (Wildman–Crippen LogP) is 3.49. The van der Waals surface area contributed by atoms with Crippen molar-refractivity contribution < 1.29 is 14.3 Å². The van der Waals surface area contributed by atoms with Gasteiger partial charge in [0.05, 0.1) is 18.6 Å². The number of hydrogen-bond donors (Lipinski definition) is 2. The number of thioether (sulfide) groups is 1. The Kier molecular flexibility index (Phi) is 7.29. The van der Waals surface area contributed by atoms with Crippen molar-refractivity contribution in [1.82, 2.24) is 19.7 Å². The Bertz CT molecular complexity index is 1040. The van der Waals surface area contributed by atoms with Gasteiger partial charge in [0.15, 0.2) is 10.3 Å². The number of carbonyl (C=O) groups excluding carboxylic acids is 2. The van der Waals surface area contributed by atoms with Crippen molar-refractivity contribution in [2.75, 3.05) is 23.9 Å². The third-order valence-electron chi connectivity index (χ3n) is 4.11. The molecule has 1 amide bonds. The Hall–Kier alpha value is -2.63. The lowest BCUT2D eigenvalue weighted by Crippen LogP contribution is -2.27. The van der Waals surface area contributed by atoms with Gasteiger partial charge in [-0.2, -0.15) is 0 Å². The molecule has 3 rings (SSSR count). The molecule has 0 spiro atoms. The van der Waals surface area contributed by atoms with Gasteiger partial charge < -0.3 is 15.8 Å². The highest BCUT2D eigenvalue weighted by Crippen LogP contribution is 2.29. The van der Waals surface area contributed by atoms with Crippen LogP contribution in [0.5, 0.6) is 0 Å². The van der Waals surface area contributed by atoms with Crippen molar-refractivity contribution in [3.8, 4) is 11.3 Å². The van der Waals surface area contributed by atoms with Crippen LogP contribution in [0.15, 0.2) is 34.8 Å². The molecule has 158 valence electrons. The number of aromatic nitrogens is 4. The zero-order valence-corrected chi connectivity index (χ0v) is 18.6. The number of thiazole rings is 1. The third-order valence-corrected chi connectivity index (χ3v) is 6.04. The maximum Gasteiger partial charge on any atom is 0.316 e. The summed E-state index contributed by atoms with van der Waals surface area (Å²) < 4.78 is 6.15. The van der Waals surface area contributed by atoms with Crippen LogP contribution >= 0.6 is 34.7 Å². The highest BCUT2D eigenvalue weighted by atomic mass is 35.5. The van der Waals surface area contributed by atoms with Gasteiger partial charge in [-0.3, -0.25) is 14.2 Å². The van der Waals surface area contributed by atoms with E-state index in [1.54, 1.807) is 12.1 Å². The second kappa shape index (κ2) is 9.92. The van der Waals surface area contributed by atoms with Crippen molar-refractivity contribution in [2.24, 2.45) is 0 Å². The molecule has 0 aliphatic carbocycles. The summed E-state index contributed by atoms with van der Waals surface area (Å²) in [6.07, 6.45) is 0.440. The Morgan fingerprint density at radius 1 is 1.33 bits per heavy atom. The number of anilines is 2. The van der Waals surface area contributed by atoms with Crippen molar-refractivity contribution in [2.45, 2.75) is 24.5 Å². The molecular formula is C18H19ClN6O3S2. The molecule has 1 aromatic carbocycles. The Labute approximate surface area is 186 Å². The van der Waals surface area contributed by atoms with Crippen LogP contribution in [-0.4, -0.2) is 44.5 Å². The number of nitrogens with zero attached hydrogens (tertiary/aromatic N) is 4. The van der Waals surface area contributed by atoms with Crippen LogP contribution < -0.4 is 11.1 Å². The van der Waals surface area contributed by atoms with Crippen molar-refractivity contribution in [3.05, 3.63) is 34.7 Å². The number of nitrogens with two attached hydrogens (primary N) is 1. The van der Waals surface area contributed by atoms with E-state index in [4.69, 9.17) is 17.3 Å². The lowest BCUT2D eigenvalue weighted by Gasteiger charge is -2.18. The van der Waals surface area contributed by atoms with Crippen LogP contribution in [-0.2, 0) is 14.3 Å². The molecule has 0 aliphatic rings. The number of rotatable bonds is 8. The molecule has 0 saturated carbocycles. The number of esters is 1. The molecule has 3 aromatic rings. The number of halogens is 1. The minimum atomic E-state index is -0.664. The summed E-state index contributed by atoms with van der Waals surface area (Å²) in [6.45, 7) is 1.85. The van der Waals surface area contributed by atoms with Crippen molar-refractivity contribution in [3.63, 3.8) is 0 Å². The van der Waals surface area contributed by atoms with E-state index >= 15 is 0 Å². The normalized spacial score (nSPS) is 11.8. The average molecular weight is 467 g/mol. The van der Waals surface area contributed by atoms with E-state index in [0.717, 1.165) is 23.0 Å². The Morgan fingerprint density at radius 2 is 2.07 bits per heavy atom. The number of methoxy groups -OCH3 is 1. The van der Waals surface area contributed by atoms with E-state index in [1.807, 2.05) is 24.4 Å². The fraction of sp³-hybridized carbons (Fsp3) is 0.278. The number of ether oxygens (including phenoxy) is 1. The fourth-order valence-electron chi connectivity index (χ4n) is 2.62. The van der Waals surface area contributed by atoms with Gasteiger partial charge in [-0.05, 0) is 18.6 Å². The molecule has 12 heteroatoms. The quantitative estimate of drug-likeness (QED) is 0.381. The van der Waals surface area contributed by atoms with Crippen LogP contribution in [0.1, 0.15) is 19.4 Å². The monoisotopic (exact) mass is 466 g/mol. The smallest absolute Gasteiger partial charge is 0.316 e. The van der Waals surface area contributed by atoms with Gasteiger partial charge in [-0.25, -0.2) is 4.98 Å². The molecule has 1 atom stereocenters. The van der Waals surface area contributed by atoms with Crippen LogP contribution in [0.2, 0.25) is 5.02 Å². The fourth-order valence-corrected chi connectivity index (χ4v) is 4.29. The van der Waals surface area contributed by atoms with Gasteiger partial charge in [-0.1, -0.05) is 42.4 Å². The summed E-state index contributed by atoms with van der Waals surface area (Å²) in [5, 5.41) is 13.9. The average Bonchev–Trinajstić information content (AvgIpc) is 3.34. The zero-order chi connectivity index (χ0) is 21.7. The summed E-state index contributed by atoms with van der Waals surface area (Å²) in [5.74, 6) is -0.599. The molecule has 0 saturated heterocycles. The largest absolute Gasteiger partial charge is 0.468 e. The van der Waals surface area contributed by atoms with Crippen molar-refractivity contribution >= 4 is 57.7 Å². The highest BCUT2D eigenvalue weighted by Gasteiger charge is 2.26. The van der Waals surface area contributed by atoms with Crippen LogP contribution in [0.3, 0.4) is 0 Å². The van der Waals surface area contributed by atoms with Gasteiger partial charge in [0, 0.05) is 16.0 Å². The molecule has 3 N–H and O–H groups in total. The number of amides is 1. The number of hydrogen-bond acceptors (Lipinski definition) is 9. The second-order valence-electron chi connectivity index (χ2n) is 6.03. The summed E-state index contributed by atoms with van der Waals surface area (Å²) in [5.41, 5.74) is 7.57. The molecule has 1 unspecified atom stereocenters. The number of carbonyl (C=O) groups is 2. The van der Waals surface area contributed by atoms with E-state index in [2.05, 4.69) is 25.2 Å². The van der Waals surface area contributed by atoms with E-state index in [-0.39, 0.29) is 17.6 Å². The first-order valence-electron chi connectivity index (χ1n) is 8.85. The Morgan fingerprint density at radius 3 is 2.73 bits per heavy atom. The first kappa shape index (κ1) is 22.1. The summed E-state index contributed by atoms with van der Waals surface area (Å²) >= 11 is 8.34. The minimum absolute atomic E-state index is 0.0314. The first-order valence-corrected chi connectivity index (χ1v) is 11.1. The van der Waals surface area contributed by atoms with Crippen molar-refractivity contribution in [1.29, 1.82) is 0 Å². The molecule has 2 heterocycles. The van der Waals surface area contributed by atoms with E-state index < -0.39 is 12.0 Å². The second-order valence-corrected chi connectivity index (χ2v) is 8.27. The topological polar surface area (TPSA) is 125 Å². The minimum Gasteiger partial charge on any atom is -0.468 e. The van der Waals surface area contributed by atoms with E-state index in [9.17, 15) is 9.59 Å². The van der Waals surface area contributed by atoms with Crippen LogP contribution in [0, 0.1) is 0 Å². The van der Waals surface area contributed by atoms with Crippen LogP contribution in [0.4, 0.5) is 11.1 Å². The van der Waals surface area contributed by atoms with Gasteiger partial charge >= 0.3 is 5.97 Å². The van der Waals surface area contributed by atoms with Gasteiger partial charge in [0.25, 0.3) is 0 Å². The predicted molar refractivity (Wildman–Crippen MR) is 118 cm³/mol. The molecule has 0 radical (unpaired) electrons. The lowest BCUT2D eigenvalue weighted by atomic mass is 10.2. The summed E-state index contributed by atoms with van der Waals surface area (Å²) in [6, 6.07) is 6.62. The SMILES string of the molecule is CCC(C(=O)Nc1nc(-c2ccc(Cl)cc2)cs1)n1c(N)nnc1SCC(=O)OC. The van der Waals surface area contributed by atoms with Gasteiger partial charge in [-0.15, -0.1) is 21.5 Å². The van der Waals surface area contributed by atoms with E-state index in [1.165, 1.54) is 23.0 Å². The van der Waals surface area contributed by atoms with E-state index in [0.29, 0.717) is 21.7 Å². The molecule has 2 aromatic heterocycles. The highest BCUT2D eigenvalue weighted by molar-refractivity contribution is 7.99. The molecule has 9 nitrogen and oxygen atoms in total. The molecule has 0 aliphatic heterocycles. The van der Waals surface area contributed by atoms with Gasteiger partial charge in [0.2, 0.25) is 11.9 Å². The summed E-state index contributed by atoms with van der Waals surface area (Å²) in [4.78, 5) is 28.8. The number of nitrogen functional groups attached to an aromatic ring is 1. The standard InChI is InChI=1S/C18H19ClN6O3S2/c1-3-13(25-16(20)23-24-18(25)30-9-14(26)28-2)15(27)22-17-21-12(8-29-17)10-4-6-11(19)7-5-10/h4-8,13H,3,9H2,1-2H3,(H2,20,23)(H,21,22,27). The molecule has 30 heavy (non-hydrogen) atoms. The third kappa shape index (κ3) is 5.10. The maximum absolute atomic E-state index is 12.9. The number of benzene rings is 1. The lowest BCUT2D eigenvalue weighted by molar-refractivity contribution is -0.137. The van der Waals surface area contributed by atoms with Gasteiger partial charge in [0.1, 0.15) is 6.04 Å². The summed E-state index contributed by atoms with van der Waals surface area (Å²) in [7, 11) is 1.30. The zero-order valence-electron chi connectivity index (χ0n) is 16.2. The first-order chi connectivity index (χ1) is 14.4.